The topological polar surface area (TPSA) is 97.1 Å². The third kappa shape index (κ3) is 7.93. The van der Waals surface area contributed by atoms with E-state index in [-0.39, 0.29) is 49.0 Å². The lowest BCUT2D eigenvalue weighted by Crippen LogP contribution is -2.49. The van der Waals surface area contributed by atoms with E-state index in [1.54, 1.807) is 5.38 Å². The van der Waals surface area contributed by atoms with Crippen LogP contribution in [0.25, 0.3) is 0 Å². The van der Waals surface area contributed by atoms with Crippen molar-refractivity contribution >= 4 is 53.1 Å². The van der Waals surface area contributed by atoms with E-state index in [4.69, 9.17) is 5.73 Å². The Morgan fingerprint density at radius 3 is 2.45 bits per heavy atom. The summed E-state index contributed by atoms with van der Waals surface area (Å²) >= 11 is 1.31. The van der Waals surface area contributed by atoms with Gasteiger partial charge in [-0.2, -0.15) is 0 Å². The van der Waals surface area contributed by atoms with Gasteiger partial charge in [0.2, 0.25) is 11.8 Å². The van der Waals surface area contributed by atoms with Gasteiger partial charge in [-0.05, 0) is 13.8 Å². The second kappa shape index (κ2) is 9.99. The van der Waals surface area contributed by atoms with Crippen LogP contribution in [0.1, 0.15) is 33.4 Å². The Morgan fingerprint density at radius 1 is 1.36 bits per heavy atom. The molecule has 2 amide bonds. The van der Waals surface area contributed by atoms with Gasteiger partial charge in [0.25, 0.3) is 0 Å². The van der Waals surface area contributed by atoms with Gasteiger partial charge in [-0.3, -0.25) is 9.59 Å². The van der Waals surface area contributed by atoms with Gasteiger partial charge in [-0.25, -0.2) is 4.98 Å². The van der Waals surface area contributed by atoms with Gasteiger partial charge in [0.1, 0.15) is 0 Å². The maximum absolute atomic E-state index is 11.8. The molecule has 22 heavy (non-hydrogen) atoms. The van der Waals surface area contributed by atoms with Crippen molar-refractivity contribution in [3.05, 3.63) is 11.1 Å². The normalized spacial score (nSPS) is 10.5. The number of rotatable bonds is 6. The summed E-state index contributed by atoms with van der Waals surface area (Å²) in [5.41, 5.74) is 5.77. The molecule has 0 unspecified atom stereocenters. The molecule has 1 rings (SSSR count). The first-order valence-corrected chi connectivity index (χ1v) is 7.38. The maximum Gasteiger partial charge on any atom is 0.228 e. The van der Waals surface area contributed by atoms with Gasteiger partial charge in [-0.15, -0.1) is 36.2 Å². The number of hydrogen-bond donors (Lipinski definition) is 3. The molecule has 1 heterocycles. The fourth-order valence-electron chi connectivity index (χ4n) is 1.33. The number of nitrogens with two attached hydrogens (primary N) is 1. The Labute approximate surface area is 147 Å². The number of nitrogens with zero attached hydrogens (tertiary/aromatic N) is 1. The SMILES string of the molecule is CC(C)C(=O)Nc1nc(CC(=O)NC(C)(C)CN)cs1.Cl.Cl. The van der Waals surface area contributed by atoms with Crippen molar-refractivity contribution in [2.24, 2.45) is 11.7 Å². The molecule has 0 saturated carbocycles. The van der Waals surface area contributed by atoms with Crippen LogP contribution < -0.4 is 16.4 Å². The first kappa shape index (κ1) is 23.4. The summed E-state index contributed by atoms with van der Waals surface area (Å²) in [6.45, 7) is 7.71. The average molecular weight is 371 g/mol. The molecule has 0 aliphatic heterocycles. The van der Waals surface area contributed by atoms with Crippen LogP contribution in [0.2, 0.25) is 0 Å². The number of anilines is 1. The predicted molar refractivity (Wildman–Crippen MR) is 95.1 cm³/mol. The van der Waals surface area contributed by atoms with Gasteiger partial charge in [0.15, 0.2) is 5.13 Å². The average Bonchev–Trinajstić information content (AvgIpc) is 2.75. The molecule has 0 radical (unpaired) electrons. The fourth-order valence-corrected chi connectivity index (χ4v) is 2.05. The van der Waals surface area contributed by atoms with Crippen molar-refractivity contribution in [2.75, 3.05) is 11.9 Å². The second-order valence-corrected chi connectivity index (χ2v) is 6.46. The third-order valence-corrected chi connectivity index (χ3v) is 3.44. The highest BCUT2D eigenvalue weighted by atomic mass is 35.5. The van der Waals surface area contributed by atoms with Crippen molar-refractivity contribution in [3.63, 3.8) is 0 Å². The van der Waals surface area contributed by atoms with E-state index in [1.165, 1.54) is 11.3 Å². The number of nitrogens with one attached hydrogen (secondary N) is 2. The highest BCUT2D eigenvalue weighted by Crippen LogP contribution is 2.16. The Balaban J connectivity index is 0. The highest BCUT2D eigenvalue weighted by molar-refractivity contribution is 7.13. The van der Waals surface area contributed by atoms with Gasteiger partial charge >= 0.3 is 0 Å². The number of carbonyl (C=O) groups excluding carboxylic acids is 2. The van der Waals surface area contributed by atoms with E-state index in [9.17, 15) is 9.59 Å². The lowest BCUT2D eigenvalue weighted by atomic mass is 10.1. The third-order valence-electron chi connectivity index (χ3n) is 2.64. The molecule has 0 bridgehead atoms. The van der Waals surface area contributed by atoms with Crippen LogP contribution in [0.5, 0.6) is 0 Å². The number of halogens is 2. The summed E-state index contributed by atoms with van der Waals surface area (Å²) in [4.78, 5) is 27.6. The van der Waals surface area contributed by atoms with Crippen molar-refractivity contribution in [1.82, 2.24) is 10.3 Å². The second-order valence-electron chi connectivity index (χ2n) is 5.60. The Morgan fingerprint density at radius 2 is 1.95 bits per heavy atom. The van der Waals surface area contributed by atoms with Gasteiger partial charge in [-0.1, -0.05) is 13.8 Å². The van der Waals surface area contributed by atoms with Crippen molar-refractivity contribution < 1.29 is 9.59 Å². The van der Waals surface area contributed by atoms with E-state index in [2.05, 4.69) is 15.6 Å². The Bertz CT molecular complexity index is 492. The van der Waals surface area contributed by atoms with E-state index >= 15 is 0 Å². The summed E-state index contributed by atoms with van der Waals surface area (Å²) in [5, 5.41) is 7.83. The van der Waals surface area contributed by atoms with E-state index in [0.717, 1.165) is 0 Å². The summed E-state index contributed by atoms with van der Waals surface area (Å²) in [6.07, 6.45) is 0.178. The number of amides is 2. The molecule has 128 valence electrons. The van der Waals surface area contributed by atoms with Crippen molar-refractivity contribution in [2.45, 2.75) is 39.7 Å². The standard InChI is InChI=1S/C13H22N4O2S.2ClH/c1-8(2)11(19)16-12-15-9(6-20-12)5-10(18)17-13(3,4)7-14;;/h6,8H,5,7,14H2,1-4H3,(H,17,18)(H,15,16,19);2*1H. The minimum absolute atomic E-state index is 0. The molecule has 0 saturated heterocycles. The zero-order chi connectivity index (χ0) is 15.3. The van der Waals surface area contributed by atoms with E-state index in [0.29, 0.717) is 17.4 Å². The lowest BCUT2D eigenvalue weighted by Gasteiger charge is -2.23. The number of carbonyl (C=O) groups is 2. The van der Waals surface area contributed by atoms with Gasteiger partial charge < -0.3 is 16.4 Å². The summed E-state index contributed by atoms with van der Waals surface area (Å²) < 4.78 is 0. The summed E-state index contributed by atoms with van der Waals surface area (Å²) in [5.74, 6) is -0.317. The lowest BCUT2D eigenvalue weighted by molar-refractivity contribution is -0.122. The zero-order valence-corrected chi connectivity index (χ0v) is 15.6. The molecular weight excluding hydrogens is 347 g/mol. The van der Waals surface area contributed by atoms with Gasteiger partial charge in [0.05, 0.1) is 12.1 Å². The number of thiazole rings is 1. The summed E-state index contributed by atoms with van der Waals surface area (Å²) in [6, 6.07) is 0. The number of aromatic nitrogens is 1. The van der Waals surface area contributed by atoms with Crippen molar-refractivity contribution in [1.29, 1.82) is 0 Å². The van der Waals surface area contributed by atoms with Crippen molar-refractivity contribution in [3.8, 4) is 0 Å². The molecule has 0 fully saturated rings. The molecular formula is C13H24Cl2N4O2S. The quantitative estimate of drug-likeness (QED) is 0.712. The maximum atomic E-state index is 11.8. The molecule has 0 aromatic carbocycles. The monoisotopic (exact) mass is 370 g/mol. The number of hydrogen-bond acceptors (Lipinski definition) is 5. The molecule has 0 aliphatic rings. The molecule has 4 N–H and O–H groups in total. The van der Waals surface area contributed by atoms with Crippen LogP contribution in [0.15, 0.2) is 5.38 Å². The van der Waals surface area contributed by atoms with Crippen LogP contribution in [-0.4, -0.2) is 28.9 Å². The van der Waals surface area contributed by atoms with Gasteiger partial charge in [0, 0.05) is 23.4 Å². The molecule has 6 nitrogen and oxygen atoms in total. The van der Waals surface area contributed by atoms with Crippen LogP contribution in [0.4, 0.5) is 5.13 Å². The van der Waals surface area contributed by atoms with E-state index in [1.807, 2.05) is 27.7 Å². The predicted octanol–water partition coefficient (Wildman–Crippen LogP) is 1.98. The molecule has 0 spiro atoms. The smallest absolute Gasteiger partial charge is 0.228 e. The molecule has 1 aromatic heterocycles. The first-order valence-electron chi connectivity index (χ1n) is 6.50. The Hall–Kier alpha value is -0.890. The van der Waals surface area contributed by atoms with Crippen LogP contribution >= 0.6 is 36.2 Å². The van der Waals surface area contributed by atoms with Crippen LogP contribution in [-0.2, 0) is 16.0 Å². The van der Waals surface area contributed by atoms with E-state index < -0.39 is 5.54 Å². The molecule has 1 aromatic rings. The molecule has 9 heteroatoms. The largest absolute Gasteiger partial charge is 0.350 e. The summed E-state index contributed by atoms with van der Waals surface area (Å²) in [7, 11) is 0. The minimum atomic E-state index is -0.429. The first-order chi connectivity index (χ1) is 9.23. The Kier molecular flexibility index (Phi) is 10.6. The zero-order valence-electron chi connectivity index (χ0n) is 13.1. The molecule has 0 atom stereocenters. The van der Waals surface area contributed by atoms with Crippen LogP contribution in [0, 0.1) is 5.92 Å². The highest BCUT2D eigenvalue weighted by Gasteiger charge is 2.19. The van der Waals surface area contributed by atoms with Crippen LogP contribution in [0.3, 0.4) is 0 Å². The molecule has 0 aliphatic carbocycles. The fraction of sp³-hybridized carbons (Fsp3) is 0.615. The minimum Gasteiger partial charge on any atom is -0.350 e.